The molecule has 0 radical (unpaired) electrons. The summed E-state index contributed by atoms with van der Waals surface area (Å²) >= 11 is 1.53. The molecule has 2 amide bonds. The Hall–Kier alpha value is -1.99. The van der Waals surface area contributed by atoms with Crippen LogP contribution < -0.4 is 10.6 Å². The Morgan fingerprint density at radius 3 is 2.83 bits per heavy atom. The van der Waals surface area contributed by atoms with Crippen LogP contribution in [0.3, 0.4) is 0 Å². The summed E-state index contributed by atoms with van der Waals surface area (Å²) in [6.07, 6.45) is 4.86. The van der Waals surface area contributed by atoms with Gasteiger partial charge in [0.05, 0.1) is 6.04 Å². The predicted octanol–water partition coefficient (Wildman–Crippen LogP) is 2.14. The number of urea groups is 1. The second kappa shape index (κ2) is 9.22. The Labute approximate surface area is 140 Å². The number of aromatic nitrogens is 2. The van der Waals surface area contributed by atoms with E-state index in [1.54, 1.807) is 12.4 Å². The zero-order valence-electron chi connectivity index (χ0n) is 13.1. The van der Waals surface area contributed by atoms with Crippen molar-refractivity contribution in [3.63, 3.8) is 0 Å². The summed E-state index contributed by atoms with van der Waals surface area (Å²) in [7, 11) is 0. The highest BCUT2D eigenvalue weighted by atomic mass is 32.1. The van der Waals surface area contributed by atoms with Crippen molar-refractivity contribution in [2.45, 2.75) is 25.8 Å². The summed E-state index contributed by atoms with van der Waals surface area (Å²) in [6, 6.07) is 5.35. The molecule has 0 aliphatic carbocycles. The van der Waals surface area contributed by atoms with Crippen LogP contribution in [-0.4, -0.2) is 34.3 Å². The maximum atomic E-state index is 12.0. The fraction of sp³-hybridized carbons (Fsp3) is 0.438. The van der Waals surface area contributed by atoms with E-state index in [4.69, 9.17) is 0 Å². The summed E-state index contributed by atoms with van der Waals surface area (Å²) < 4.78 is 0. The van der Waals surface area contributed by atoms with Gasteiger partial charge in [0, 0.05) is 42.5 Å². The maximum absolute atomic E-state index is 12.0. The van der Waals surface area contributed by atoms with Gasteiger partial charge in [-0.25, -0.2) is 9.78 Å². The Morgan fingerprint density at radius 1 is 1.35 bits per heavy atom. The van der Waals surface area contributed by atoms with Gasteiger partial charge in [-0.05, 0) is 25.0 Å². The zero-order valence-corrected chi connectivity index (χ0v) is 13.9. The predicted molar refractivity (Wildman–Crippen MR) is 90.2 cm³/mol. The lowest BCUT2D eigenvalue weighted by molar-refractivity contribution is 0.212. The molecular weight excluding hydrogens is 312 g/mol. The van der Waals surface area contributed by atoms with Crippen molar-refractivity contribution in [2.75, 3.05) is 13.2 Å². The van der Waals surface area contributed by atoms with Gasteiger partial charge in [-0.2, -0.15) is 0 Å². The largest absolute Gasteiger partial charge is 0.396 e. The molecule has 2 aromatic rings. The first-order valence-corrected chi connectivity index (χ1v) is 8.55. The van der Waals surface area contributed by atoms with E-state index in [2.05, 4.69) is 20.6 Å². The molecule has 0 aliphatic rings. The van der Waals surface area contributed by atoms with E-state index in [0.717, 1.165) is 17.1 Å². The van der Waals surface area contributed by atoms with Crippen molar-refractivity contribution in [3.05, 3.63) is 46.7 Å². The van der Waals surface area contributed by atoms with Crippen molar-refractivity contribution < 1.29 is 9.90 Å². The molecule has 0 aliphatic heterocycles. The Morgan fingerprint density at radius 2 is 2.22 bits per heavy atom. The van der Waals surface area contributed by atoms with E-state index in [9.17, 15) is 9.90 Å². The summed E-state index contributed by atoms with van der Waals surface area (Å²) in [4.78, 5) is 20.5. The number of nitrogens with zero attached hydrogens (tertiary/aromatic N) is 2. The van der Waals surface area contributed by atoms with Gasteiger partial charge in [-0.3, -0.25) is 4.98 Å². The average molecular weight is 334 g/mol. The first-order valence-electron chi connectivity index (χ1n) is 7.67. The maximum Gasteiger partial charge on any atom is 0.315 e. The van der Waals surface area contributed by atoms with Gasteiger partial charge in [-0.1, -0.05) is 13.0 Å². The number of aliphatic hydroxyl groups excluding tert-OH is 1. The zero-order chi connectivity index (χ0) is 16.5. The van der Waals surface area contributed by atoms with Gasteiger partial charge in [0.1, 0.15) is 5.01 Å². The molecule has 2 rings (SSSR count). The normalized spacial score (nSPS) is 13.3. The lowest BCUT2D eigenvalue weighted by Gasteiger charge is -2.18. The molecule has 0 fully saturated rings. The molecule has 2 aromatic heterocycles. The minimum absolute atomic E-state index is 0.000537. The second-order valence-electron chi connectivity index (χ2n) is 5.26. The third-order valence-electron chi connectivity index (χ3n) is 3.50. The molecular formula is C16H22N4O2S. The first-order chi connectivity index (χ1) is 11.2. The highest BCUT2D eigenvalue weighted by Crippen LogP contribution is 2.18. The molecule has 2 heterocycles. The number of nitrogens with one attached hydrogen (secondary N) is 2. The van der Waals surface area contributed by atoms with Crippen molar-refractivity contribution in [1.82, 2.24) is 20.6 Å². The van der Waals surface area contributed by atoms with Crippen molar-refractivity contribution in [2.24, 2.45) is 5.92 Å². The van der Waals surface area contributed by atoms with Crippen LogP contribution in [0.5, 0.6) is 0 Å². The van der Waals surface area contributed by atoms with Gasteiger partial charge in [0.15, 0.2) is 0 Å². The van der Waals surface area contributed by atoms with Crippen LogP contribution in [0.4, 0.5) is 4.79 Å². The number of rotatable bonds is 8. The van der Waals surface area contributed by atoms with Gasteiger partial charge in [-0.15, -0.1) is 11.3 Å². The van der Waals surface area contributed by atoms with Crippen LogP contribution in [0.1, 0.15) is 30.1 Å². The molecule has 7 heteroatoms. The average Bonchev–Trinajstić information content (AvgIpc) is 3.11. The summed E-state index contributed by atoms with van der Waals surface area (Å²) in [5, 5.41) is 18.0. The monoisotopic (exact) mass is 334 g/mol. The fourth-order valence-electron chi connectivity index (χ4n) is 2.21. The summed E-state index contributed by atoms with van der Waals surface area (Å²) in [5.41, 5.74) is 0.906. The van der Waals surface area contributed by atoms with Crippen LogP contribution in [0.15, 0.2) is 36.0 Å². The van der Waals surface area contributed by atoms with Crippen LogP contribution >= 0.6 is 11.3 Å². The molecule has 2 unspecified atom stereocenters. The molecule has 23 heavy (non-hydrogen) atoms. The Bertz CT molecular complexity index is 577. The second-order valence-corrected chi connectivity index (χ2v) is 6.19. The Balaban J connectivity index is 1.80. The quantitative estimate of drug-likeness (QED) is 0.690. The molecule has 3 N–H and O–H groups in total. The molecule has 0 saturated carbocycles. The molecule has 124 valence electrons. The van der Waals surface area contributed by atoms with Gasteiger partial charge < -0.3 is 15.7 Å². The van der Waals surface area contributed by atoms with Crippen molar-refractivity contribution in [3.8, 4) is 0 Å². The molecule has 2 atom stereocenters. The number of amides is 2. The minimum atomic E-state index is -0.244. The van der Waals surface area contributed by atoms with Gasteiger partial charge in [0.25, 0.3) is 0 Å². The van der Waals surface area contributed by atoms with E-state index < -0.39 is 0 Å². The third-order valence-corrected chi connectivity index (χ3v) is 4.39. The van der Waals surface area contributed by atoms with Gasteiger partial charge in [0.2, 0.25) is 0 Å². The fourth-order valence-corrected chi connectivity index (χ4v) is 2.98. The van der Waals surface area contributed by atoms with E-state index >= 15 is 0 Å². The summed E-state index contributed by atoms with van der Waals surface area (Å²) in [5.74, 6) is -0.0596. The molecule has 0 saturated heterocycles. The number of carbonyl (C=O) groups is 1. The molecule has 6 nitrogen and oxygen atoms in total. The van der Waals surface area contributed by atoms with Crippen LogP contribution in [0.25, 0.3) is 0 Å². The number of aliphatic hydroxyl groups is 1. The first kappa shape index (κ1) is 17.4. The standard InChI is InChI=1S/C16H22N4O2S/c1-2-14(15-18-7-8-23-15)20-16(22)19-10-12(11-21)9-13-5-3-4-6-17-13/h3-8,12,14,21H,2,9-11H2,1H3,(H2,19,20,22). The Kier molecular flexibility index (Phi) is 6.96. The number of pyridine rings is 1. The highest BCUT2D eigenvalue weighted by molar-refractivity contribution is 7.09. The lowest BCUT2D eigenvalue weighted by atomic mass is 10.0. The van der Waals surface area contributed by atoms with Crippen molar-refractivity contribution >= 4 is 17.4 Å². The van der Waals surface area contributed by atoms with E-state index in [0.29, 0.717) is 13.0 Å². The summed E-state index contributed by atoms with van der Waals surface area (Å²) in [6.45, 7) is 2.40. The highest BCUT2D eigenvalue weighted by Gasteiger charge is 2.16. The van der Waals surface area contributed by atoms with E-state index in [1.807, 2.05) is 30.5 Å². The molecule has 0 aromatic carbocycles. The van der Waals surface area contributed by atoms with E-state index in [1.165, 1.54) is 11.3 Å². The minimum Gasteiger partial charge on any atom is -0.396 e. The topological polar surface area (TPSA) is 87.1 Å². The van der Waals surface area contributed by atoms with Crippen LogP contribution in [-0.2, 0) is 6.42 Å². The number of hydrogen-bond acceptors (Lipinski definition) is 5. The van der Waals surface area contributed by atoms with E-state index in [-0.39, 0.29) is 24.6 Å². The number of hydrogen-bond donors (Lipinski definition) is 3. The smallest absolute Gasteiger partial charge is 0.315 e. The third kappa shape index (κ3) is 5.61. The van der Waals surface area contributed by atoms with Crippen molar-refractivity contribution in [1.29, 1.82) is 0 Å². The lowest BCUT2D eigenvalue weighted by Crippen LogP contribution is -2.41. The van der Waals surface area contributed by atoms with Gasteiger partial charge >= 0.3 is 6.03 Å². The van der Waals surface area contributed by atoms with Crippen LogP contribution in [0, 0.1) is 5.92 Å². The molecule has 0 bridgehead atoms. The van der Waals surface area contributed by atoms with Crippen LogP contribution in [0.2, 0.25) is 0 Å². The molecule has 0 spiro atoms. The number of thiazole rings is 1. The number of carbonyl (C=O) groups excluding carboxylic acids is 1. The SMILES string of the molecule is CCC(NC(=O)NCC(CO)Cc1ccccn1)c1nccs1.